The first-order valence-electron chi connectivity index (χ1n) is 8.32. The average molecular weight is 314 g/mol. The highest BCUT2D eigenvalue weighted by atomic mass is 16.3. The van der Waals surface area contributed by atoms with Crippen LogP contribution in [0.15, 0.2) is 48.5 Å². The van der Waals surface area contributed by atoms with Crippen LogP contribution in [0.5, 0.6) is 11.5 Å². The molecule has 2 heteroatoms. The summed E-state index contributed by atoms with van der Waals surface area (Å²) in [4.78, 5) is 0. The van der Waals surface area contributed by atoms with E-state index in [1.807, 2.05) is 26.0 Å². The molecule has 2 unspecified atom stereocenters. The van der Waals surface area contributed by atoms with E-state index in [2.05, 4.69) is 36.4 Å². The van der Waals surface area contributed by atoms with Gasteiger partial charge >= 0.3 is 0 Å². The predicted molar refractivity (Wildman–Crippen MR) is 94.0 cm³/mol. The lowest BCUT2D eigenvalue weighted by Crippen LogP contribution is -2.27. The summed E-state index contributed by atoms with van der Waals surface area (Å²) >= 11 is 0. The summed E-state index contributed by atoms with van der Waals surface area (Å²) in [6, 6.07) is 16.6. The van der Waals surface area contributed by atoms with Crippen LogP contribution < -0.4 is 0 Å². The molecule has 6 rings (SSSR count). The van der Waals surface area contributed by atoms with Gasteiger partial charge in [0.1, 0.15) is 11.5 Å². The van der Waals surface area contributed by atoms with Gasteiger partial charge in [0.25, 0.3) is 0 Å². The van der Waals surface area contributed by atoms with Crippen molar-refractivity contribution in [2.75, 3.05) is 0 Å². The second kappa shape index (κ2) is 4.41. The maximum absolute atomic E-state index is 10.3. The Morgan fingerprint density at radius 1 is 0.583 bits per heavy atom. The van der Waals surface area contributed by atoms with Gasteiger partial charge < -0.3 is 10.2 Å². The third-order valence-corrected chi connectivity index (χ3v) is 5.67. The quantitative estimate of drug-likeness (QED) is 0.435. The van der Waals surface area contributed by atoms with Gasteiger partial charge in [-0.2, -0.15) is 0 Å². The van der Waals surface area contributed by atoms with Crippen LogP contribution in [0.25, 0.3) is 0 Å². The number of hydrogen-bond acceptors (Lipinski definition) is 2. The summed E-state index contributed by atoms with van der Waals surface area (Å²) in [7, 11) is 0. The van der Waals surface area contributed by atoms with E-state index in [4.69, 9.17) is 0 Å². The third-order valence-electron chi connectivity index (χ3n) is 5.67. The van der Waals surface area contributed by atoms with Gasteiger partial charge in [0.2, 0.25) is 0 Å². The van der Waals surface area contributed by atoms with E-state index in [0.29, 0.717) is 11.5 Å². The number of phenolic OH excluding ortho intramolecular Hbond substituents is 2. The molecule has 118 valence electrons. The van der Waals surface area contributed by atoms with Crippen LogP contribution in [-0.2, 0) is 0 Å². The van der Waals surface area contributed by atoms with Crippen molar-refractivity contribution in [1.82, 2.24) is 0 Å². The summed E-state index contributed by atoms with van der Waals surface area (Å²) < 4.78 is 0. The van der Waals surface area contributed by atoms with E-state index in [9.17, 15) is 10.2 Å². The molecular weight excluding hydrogens is 296 g/mol. The molecule has 0 aliphatic heterocycles. The Kier molecular flexibility index (Phi) is 2.52. The minimum Gasteiger partial charge on any atom is -0.508 e. The zero-order chi connectivity index (χ0) is 16.6. The van der Waals surface area contributed by atoms with Crippen molar-refractivity contribution in [3.63, 3.8) is 0 Å². The number of aromatic hydroxyl groups is 2. The van der Waals surface area contributed by atoms with E-state index in [-0.39, 0.29) is 11.8 Å². The standard InChI is InChI=1S/C22H18O2/c1-11-7-15-17(9-19(11)23)22-14-6-4-3-5-13(14)21(15)18-10-20(24)12(2)8-16(18)22/h3-10,21-24H,1-2H3. The fourth-order valence-corrected chi connectivity index (χ4v) is 4.51. The van der Waals surface area contributed by atoms with Gasteiger partial charge in [0.15, 0.2) is 0 Å². The van der Waals surface area contributed by atoms with Gasteiger partial charge in [0.05, 0.1) is 0 Å². The molecule has 0 aromatic heterocycles. The summed E-state index contributed by atoms with van der Waals surface area (Å²) in [6.07, 6.45) is 0. The summed E-state index contributed by atoms with van der Waals surface area (Å²) in [6.45, 7) is 3.88. The van der Waals surface area contributed by atoms with Crippen molar-refractivity contribution in [2.24, 2.45) is 0 Å². The molecule has 2 atom stereocenters. The lowest BCUT2D eigenvalue weighted by molar-refractivity contribution is 0.466. The molecule has 2 N–H and O–H groups in total. The zero-order valence-corrected chi connectivity index (χ0v) is 13.7. The van der Waals surface area contributed by atoms with Crippen LogP contribution in [0.4, 0.5) is 0 Å². The van der Waals surface area contributed by atoms with Crippen LogP contribution in [0.2, 0.25) is 0 Å². The first-order chi connectivity index (χ1) is 11.6. The molecular formula is C22H18O2. The molecule has 0 saturated heterocycles. The smallest absolute Gasteiger partial charge is 0.118 e. The first kappa shape index (κ1) is 13.7. The highest BCUT2D eigenvalue weighted by Gasteiger charge is 2.41. The Balaban J connectivity index is 1.91. The number of rotatable bonds is 0. The van der Waals surface area contributed by atoms with Crippen molar-refractivity contribution < 1.29 is 10.2 Å². The third kappa shape index (κ3) is 1.56. The van der Waals surface area contributed by atoms with E-state index in [1.54, 1.807) is 0 Å². The Labute approximate surface area is 141 Å². The maximum atomic E-state index is 10.3. The van der Waals surface area contributed by atoms with Gasteiger partial charge in [-0.1, -0.05) is 36.4 Å². The van der Waals surface area contributed by atoms with Gasteiger partial charge in [-0.25, -0.2) is 0 Å². The molecule has 0 fully saturated rings. The number of aryl methyl sites for hydroxylation is 2. The van der Waals surface area contributed by atoms with E-state index >= 15 is 0 Å². The Morgan fingerprint density at radius 2 is 0.958 bits per heavy atom. The zero-order valence-electron chi connectivity index (χ0n) is 13.7. The second-order valence-electron chi connectivity index (χ2n) is 7.03. The first-order valence-corrected chi connectivity index (χ1v) is 8.32. The van der Waals surface area contributed by atoms with Gasteiger partial charge in [-0.3, -0.25) is 0 Å². The predicted octanol–water partition coefficient (Wildman–Crippen LogP) is 4.70. The molecule has 24 heavy (non-hydrogen) atoms. The summed E-state index contributed by atoms with van der Waals surface area (Å²) in [5.41, 5.74) is 9.33. The van der Waals surface area contributed by atoms with Crippen LogP contribution in [0, 0.1) is 13.8 Å². The Bertz CT molecular complexity index is 876. The van der Waals surface area contributed by atoms with Crippen LogP contribution in [-0.4, -0.2) is 10.2 Å². The van der Waals surface area contributed by atoms with Crippen molar-refractivity contribution >= 4 is 0 Å². The monoisotopic (exact) mass is 314 g/mol. The maximum Gasteiger partial charge on any atom is 0.118 e. The van der Waals surface area contributed by atoms with Crippen molar-refractivity contribution in [3.8, 4) is 11.5 Å². The summed E-state index contributed by atoms with van der Waals surface area (Å²) in [5, 5.41) is 20.5. The second-order valence-corrected chi connectivity index (χ2v) is 7.03. The van der Waals surface area contributed by atoms with Gasteiger partial charge in [-0.15, -0.1) is 0 Å². The minimum absolute atomic E-state index is 0.127. The molecule has 3 aliphatic rings. The minimum atomic E-state index is 0.127. The Morgan fingerprint density at radius 3 is 1.38 bits per heavy atom. The summed E-state index contributed by atoms with van der Waals surface area (Å²) in [5.74, 6) is 0.968. The van der Waals surface area contributed by atoms with E-state index in [0.717, 1.165) is 11.1 Å². The van der Waals surface area contributed by atoms with Crippen molar-refractivity contribution in [3.05, 3.63) is 93.0 Å². The highest BCUT2D eigenvalue weighted by Crippen LogP contribution is 2.57. The lowest BCUT2D eigenvalue weighted by atomic mass is 9.60. The average Bonchev–Trinajstić information content (AvgIpc) is 2.57. The molecule has 3 aromatic carbocycles. The van der Waals surface area contributed by atoms with E-state index in [1.165, 1.54) is 33.4 Å². The van der Waals surface area contributed by atoms with Gasteiger partial charge in [0, 0.05) is 11.8 Å². The fraction of sp³-hybridized carbons (Fsp3) is 0.182. The number of benzene rings is 3. The number of phenols is 2. The van der Waals surface area contributed by atoms with Crippen LogP contribution in [0.1, 0.15) is 56.3 Å². The largest absolute Gasteiger partial charge is 0.508 e. The lowest BCUT2D eigenvalue weighted by Gasteiger charge is -2.42. The SMILES string of the molecule is Cc1cc2c(cc1O)C1c3ccccc3C2c2cc(O)c(C)cc21. The number of hydrogen-bond donors (Lipinski definition) is 2. The molecule has 2 nitrogen and oxygen atoms in total. The molecule has 0 radical (unpaired) electrons. The van der Waals surface area contributed by atoms with Crippen LogP contribution in [0.3, 0.4) is 0 Å². The Hall–Kier alpha value is -2.74. The molecule has 3 aromatic rings. The van der Waals surface area contributed by atoms with Crippen molar-refractivity contribution in [1.29, 1.82) is 0 Å². The topological polar surface area (TPSA) is 40.5 Å². The molecule has 0 spiro atoms. The van der Waals surface area contributed by atoms with Crippen molar-refractivity contribution in [2.45, 2.75) is 25.7 Å². The molecule has 0 heterocycles. The molecule has 0 saturated carbocycles. The van der Waals surface area contributed by atoms with Gasteiger partial charge in [-0.05, 0) is 70.5 Å². The molecule has 2 bridgehead atoms. The van der Waals surface area contributed by atoms with Crippen LogP contribution >= 0.6 is 0 Å². The normalized spacial score (nSPS) is 19.6. The molecule has 3 aliphatic carbocycles. The molecule has 0 amide bonds. The fourth-order valence-electron chi connectivity index (χ4n) is 4.51. The highest BCUT2D eigenvalue weighted by molar-refractivity contribution is 5.70. The van der Waals surface area contributed by atoms with E-state index < -0.39 is 0 Å².